The first kappa shape index (κ1) is 11.0. The second-order valence-corrected chi connectivity index (χ2v) is 4.06. The molecule has 3 heteroatoms. The normalized spacial score (nSPS) is 10.9. The molecule has 1 heterocycles. The Balaban J connectivity index is 2.27. The van der Waals surface area contributed by atoms with Gasteiger partial charge in [-0.1, -0.05) is 36.4 Å². The van der Waals surface area contributed by atoms with E-state index < -0.39 is 0 Å². The summed E-state index contributed by atoms with van der Waals surface area (Å²) in [5, 5.41) is 0. The summed E-state index contributed by atoms with van der Waals surface area (Å²) in [5.74, 6) is -0.324. The van der Waals surface area contributed by atoms with E-state index in [-0.39, 0.29) is 5.82 Å². The number of pyridine rings is 1. The number of benzene rings is 1. The van der Waals surface area contributed by atoms with Crippen molar-refractivity contribution >= 4 is 28.1 Å². The van der Waals surface area contributed by atoms with Crippen LogP contribution in [0.15, 0.2) is 47.1 Å². The fourth-order valence-electron chi connectivity index (χ4n) is 1.29. The molecule has 0 bridgehead atoms. The molecule has 0 unspecified atom stereocenters. The Morgan fingerprint density at radius 3 is 2.50 bits per heavy atom. The van der Waals surface area contributed by atoms with Gasteiger partial charge in [0, 0.05) is 0 Å². The first-order valence-corrected chi connectivity index (χ1v) is 5.60. The molecular formula is C13H9BrFN. The summed E-state index contributed by atoms with van der Waals surface area (Å²) in [4.78, 5) is 4.04. The molecule has 0 aliphatic heterocycles. The number of hydrogen-bond donors (Lipinski definition) is 0. The molecule has 2 aromatic rings. The Bertz CT molecular complexity index is 509. The lowest BCUT2D eigenvalue weighted by molar-refractivity contribution is 0.617. The van der Waals surface area contributed by atoms with E-state index in [1.165, 1.54) is 6.07 Å². The van der Waals surface area contributed by atoms with E-state index in [1.54, 1.807) is 12.1 Å². The van der Waals surface area contributed by atoms with Gasteiger partial charge in [-0.2, -0.15) is 0 Å². The highest BCUT2D eigenvalue weighted by Gasteiger charge is 2.00. The summed E-state index contributed by atoms with van der Waals surface area (Å²) in [6.07, 6.45) is 3.49. The van der Waals surface area contributed by atoms with Gasteiger partial charge in [0.15, 0.2) is 0 Å². The number of hydrogen-bond acceptors (Lipinski definition) is 1. The van der Waals surface area contributed by atoms with Gasteiger partial charge in [-0.15, -0.1) is 0 Å². The van der Waals surface area contributed by atoms with Crippen LogP contribution in [-0.4, -0.2) is 4.98 Å². The van der Waals surface area contributed by atoms with Crippen LogP contribution in [0.5, 0.6) is 0 Å². The van der Waals surface area contributed by atoms with E-state index in [0.717, 1.165) is 5.56 Å². The van der Waals surface area contributed by atoms with E-state index >= 15 is 0 Å². The highest BCUT2D eigenvalue weighted by molar-refractivity contribution is 9.10. The molecule has 0 aliphatic rings. The van der Waals surface area contributed by atoms with Crippen molar-refractivity contribution in [3.05, 3.63) is 64.1 Å². The zero-order chi connectivity index (χ0) is 11.4. The van der Waals surface area contributed by atoms with E-state index in [1.807, 2.05) is 36.4 Å². The van der Waals surface area contributed by atoms with E-state index in [9.17, 15) is 4.39 Å². The van der Waals surface area contributed by atoms with Gasteiger partial charge in [0.2, 0.25) is 0 Å². The molecule has 0 fully saturated rings. The first-order chi connectivity index (χ1) is 7.75. The van der Waals surface area contributed by atoms with Crippen LogP contribution in [0.3, 0.4) is 0 Å². The van der Waals surface area contributed by atoms with E-state index in [2.05, 4.69) is 20.9 Å². The van der Waals surface area contributed by atoms with Crippen molar-refractivity contribution in [3.63, 3.8) is 0 Å². The molecule has 1 nitrogen and oxygen atoms in total. The topological polar surface area (TPSA) is 12.9 Å². The van der Waals surface area contributed by atoms with Crippen LogP contribution < -0.4 is 0 Å². The van der Waals surface area contributed by atoms with Gasteiger partial charge in [-0.25, -0.2) is 9.37 Å². The van der Waals surface area contributed by atoms with Crippen molar-refractivity contribution in [2.45, 2.75) is 0 Å². The summed E-state index contributed by atoms with van der Waals surface area (Å²) < 4.78 is 14.0. The lowest BCUT2D eigenvalue weighted by Crippen LogP contribution is -1.87. The first-order valence-electron chi connectivity index (χ1n) is 4.81. The highest BCUT2D eigenvalue weighted by Crippen LogP contribution is 2.13. The Kier molecular flexibility index (Phi) is 3.47. The van der Waals surface area contributed by atoms with Gasteiger partial charge < -0.3 is 0 Å². The molecular weight excluding hydrogens is 269 g/mol. The van der Waals surface area contributed by atoms with Crippen molar-refractivity contribution in [2.75, 3.05) is 0 Å². The Labute approximate surface area is 102 Å². The van der Waals surface area contributed by atoms with Crippen LogP contribution in [-0.2, 0) is 0 Å². The molecule has 16 heavy (non-hydrogen) atoms. The maximum absolute atomic E-state index is 13.3. The molecule has 1 aromatic carbocycles. The summed E-state index contributed by atoms with van der Waals surface area (Å²) >= 11 is 3.21. The van der Waals surface area contributed by atoms with Crippen LogP contribution in [0, 0.1) is 5.82 Å². The van der Waals surface area contributed by atoms with Crippen LogP contribution in [0.25, 0.3) is 12.2 Å². The summed E-state index contributed by atoms with van der Waals surface area (Å²) in [5.41, 5.74) is 1.35. The quantitative estimate of drug-likeness (QED) is 0.752. The second-order valence-electron chi connectivity index (χ2n) is 3.25. The van der Waals surface area contributed by atoms with Crippen molar-refractivity contribution in [2.24, 2.45) is 0 Å². The fraction of sp³-hybridized carbons (Fsp3) is 0. The summed E-state index contributed by atoms with van der Waals surface area (Å²) in [7, 11) is 0. The Morgan fingerprint density at radius 2 is 1.75 bits per heavy atom. The van der Waals surface area contributed by atoms with Crippen molar-refractivity contribution < 1.29 is 4.39 Å². The van der Waals surface area contributed by atoms with Gasteiger partial charge in [0.25, 0.3) is 0 Å². The number of aromatic nitrogens is 1. The van der Waals surface area contributed by atoms with E-state index in [0.29, 0.717) is 10.3 Å². The van der Waals surface area contributed by atoms with Crippen LogP contribution >= 0.6 is 15.9 Å². The van der Waals surface area contributed by atoms with Crippen molar-refractivity contribution in [1.29, 1.82) is 0 Å². The maximum atomic E-state index is 13.3. The van der Waals surface area contributed by atoms with Crippen molar-refractivity contribution in [3.8, 4) is 0 Å². The zero-order valence-corrected chi connectivity index (χ0v) is 9.99. The molecule has 0 spiro atoms. The predicted molar refractivity (Wildman–Crippen MR) is 67.3 cm³/mol. The molecule has 0 atom stereocenters. The third kappa shape index (κ3) is 2.76. The molecule has 0 amide bonds. The van der Waals surface area contributed by atoms with Crippen LogP contribution in [0.4, 0.5) is 4.39 Å². The van der Waals surface area contributed by atoms with Crippen LogP contribution in [0.1, 0.15) is 11.3 Å². The lowest BCUT2D eigenvalue weighted by Gasteiger charge is -1.97. The largest absolute Gasteiger partial charge is 0.238 e. The third-order valence-electron chi connectivity index (χ3n) is 2.07. The standard InChI is InChI=1S/C13H9BrFN/c14-13-9-7-11(15)12(16-13)8-6-10-4-2-1-3-5-10/h1-9H/b8-6+. The number of halogens is 2. The van der Waals surface area contributed by atoms with Crippen molar-refractivity contribution in [1.82, 2.24) is 4.98 Å². The predicted octanol–water partition coefficient (Wildman–Crippen LogP) is 4.15. The number of nitrogens with zero attached hydrogens (tertiary/aromatic N) is 1. The maximum Gasteiger partial charge on any atom is 0.148 e. The Morgan fingerprint density at radius 1 is 1.00 bits per heavy atom. The average Bonchev–Trinajstić information content (AvgIpc) is 2.32. The average molecular weight is 278 g/mol. The molecule has 1 aromatic heterocycles. The van der Waals surface area contributed by atoms with Crippen LogP contribution in [0.2, 0.25) is 0 Å². The summed E-state index contributed by atoms with van der Waals surface area (Å²) in [6.45, 7) is 0. The SMILES string of the molecule is Fc1ccc(Br)nc1/C=C/c1ccccc1. The minimum Gasteiger partial charge on any atom is -0.238 e. The fourth-order valence-corrected chi connectivity index (χ4v) is 1.61. The molecule has 80 valence electrons. The lowest BCUT2D eigenvalue weighted by atomic mass is 10.2. The molecule has 0 radical (unpaired) electrons. The minimum atomic E-state index is -0.324. The molecule has 2 rings (SSSR count). The Hall–Kier alpha value is -1.48. The van der Waals surface area contributed by atoms with Gasteiger partial charge in [-0.05, 0) is 39.7 Å². The minimum absolute atomic E-state index is 0.324. The van der Waals surface area contributed by atoms with E-state index in [4.69, 9.17) is 0 Å². The third-order valence-corrected chi connectivity index (χ3v) is 2.51. The second kappa shape index (κ2) is 5.03. The van der Waals surface area contributed by atoms with Gasteiger partial charge in [0.05, 0.1) is 0 Å². The van der Waals surface area contributed by atoms with Gasteiger partial charge in [-0.3, -0.25) is 0 Å². The number of rotatable bonds is 2. The van der Waals surface area contributed by atoms with Gasteiger partial charge in [0.1, 0.15) is 16.1 Å². The zero-order valence-electron chi connectivity index (χ0n) is 8.40. The molecule has 0 saturated carbocycles. The summed E-state index contributed by atoms with van der Waals surface area (Å²) in [6, 6.07) is 12.7. The highest BCUT2D eigenvalue weighted by atomic mass is 79.9. The smallest absolute Gasteiger partial charge is 0.148 e. The monoisotopic (exact) mass is 277 g/mol. The molecule has 0 N–H and O–H groups in total. The molecule has 0 aliphatic carbocycles. The molecule has 0 saturated heterocycles. The van der Waals surface area contributed by atoms with Gasteiger partial charge >= 0.3 is 0 Å².